The third kappa shape index (κ3) is 3.47. The van der Waals surface area contributed by atoms with E-state index in [0.717, 1.165) is 31.4 Å². The summed E-state index contributed by atoms with van der Waals surface area (Å²) >= 11 is 0. The number of hydrogen-bond donors (Lipinski definition) is 2. The number of amides is 1. The minimum Gasteiger partial charge on any atom is -0.399 e. The number of nitrogen functional groups attached to an aromatic ring is 1. The molecule has 2 rings (SSSR count). The van der Waals surface area contributed by atoms with Crippen LogP contribution in [0.1, 0.15) is 36.0 Å². The molecule has 1 fully saturated rings. The number of nitrogens with two attached hydrogens (primary N) is 1. The highest BCUT2D eigenvalue weighted by Gasteiger charge is 2.34. The van der Waals surface area contributed by atoms with E-state index in [1.807, 2.05) is 25.1 Å². The maximum absolute atomic E-state index is 12.7. The number of carbonyl (C=O) groups is 1. The van der Waals surface area contributed by atoms with Gasteiger partial charge in [-0.15, -0.1) is 0 Å². The standard InChI is InChI=1S/C16H25N3O2/c1-18(2)14-7-6-12(17)10-13(14)15(20)19(3)11-16(21)8-4-5-9-16/h6-7,10,21H,4-5,8-9,11,17H2,1-3H3. The fraction of sp³-hybridized carbons (Fsp3) is 0.562. The van der Waals surface area contributed by atoms with E-state index in [1.165, 1.54) is 0 Å². The Morgan fingerprint density at radius 3 is 2.48 bits per heavy atom. The Kier molecular flexibility index (Phi) is 4.42. The van der Waals surface area contributed by atoms with Crippen molar-refractivity contribution in [3.8, 4) is 0 Å². The van der Waals surface area contributed by atoms with Crippen LogP contribution in [0.5, 0.6) is 0 Å². The molecule has 116 valence electrons. The van der Waals surface area contributed by atoms with Gasteiger partial charge < -0.3 is 20.6 Å². The zero-order valence-corrected chi connectivity index (χ0v) is 13.1. The average molecular weight is 291 g/mol. The van der Waals surface area contributed by atoms with E-state index in [0.29, 0.717) is 17.8 Å². The van der Waals surface area contributed by atoms with Gasteiger partial charge in [-0.1, -0.05) is 12.8 Å². The molecule has 1 aromatic carbocycles. The molecule has 0 unspecified atom stereocenters. The van der Waals surface area contributed by atoms with E-state index in [-0.39, 0.29) is 5.91 Å². The lowest BCUT2D eigenvalue weighted by atomic mass is 10.0. The van der Waals surface area contributed by atoms with Crippen molar-refractivity contribution in [2.45, 2.75) is 31.3 Å². The van der Waals surface area contributed by atoms with Gasteiger partial charge in [-0.05, 0) is 31.0 Å². The van der Waals surface area contributed by atoms with Gasteiger partial charge in [0.1, 0.15) is 0 Å². The summed E-state index contributed by atoms with van der Waals surface area (Å²) in [4.78, 5) is 16.2. The van der Waals surface area contributed by atoms with E-state index in [1.54, 1.807) is 24.1 Å². The first-order valence-corrected chi connectivity index (χ1v) is 7.37. The minimum atomic E-state index is -0.733. The quantitative estimate of drug-likeness (QED) is 0.829. The summed E-state index contributed by atoms with van der Waals surface area (Å²) in [5.74, 6) is -0.105. The maximum atomic E-state index is 12.7. The number of carbonyl (C=O) groups excluding carboxylic acids is 1. The Morgan fingerprint density at radius 1 is 1.29 bits per heavy atom. The molecule has 5 nitrogen and oxygen atoms in total. The molecule has 5 heteroatoms. The van der Waals surface area contributed by atoms with Crippen LogP contribution in [-0.2, 0) is 0 Å². The number of hydrogen-bond acceptors (Lipinski definition) is 4. The molecule has 0 bridgehead atoms. The van der Waals surface area contributed by atoms with Crippen molar-refractivity contribution in [2.24, 2.45) is 0 Å². The van der Waals surface area contributed by atoms with Crippen LogP contribution >= 0.6 is 0 Å². The Balaban J connectivity index is 2.20. The van der Waals surface area contributed by atoms with Gasteiger partial charge in [-0.2, -0.15) is 0 Å². The first-order chi connectivity index (χ1) is 9.82. The second-order valence-corrected chi connectivity index (χ2v) is 6.26. The molecule has 21 heavy (non-hydrogen) atoms. The molecule has 0 aromatic heterocycles. The van der Waals surface area contributed by atoms with E-state index < -0.39 is 5.60 Å². The first-order valence-electron chi connectivity index (χ1n) is 7.37. The number of anilines is 2. The molecule has 0 aliphatic heterocycles. The van der Waals surface area contributed by atoms with Gasteiger partial charge in [0.15, 0.2) is 0 Å². The third-order valence-corrected chi connectivity index (χ3v) is 4.15. The first kappa shape index (κ1) is 15.6. The van der Waals surface area contributed by atoms with Crippen molar-refractivity contribution in [3.05, 3.63) is 23.8 Å². The Hall–Kier alpha value is -1.75. The highest BCUT2D eigenvalue weighted by molar-refractivity contribution is 6.00. The molecule has 0 atom stereocenters. The summed E-state index contributed by atoms with van der Waals surface area (Å²) < 4.78 is 0. The minimum absolute atomic E-state index is 0.105. The summed E-state index contributed by atoms with van der Waals surface area (Å²) in [7, 11) is 5.53. The van der Waals surface area contributed by atoms with Gasteiger partial charge in [0.25, 0.3) is 5.91 Å². The van der Waals surface area contributed by atoms with Crippen molar-refractivity contribution < 1.29 is 9.90 Å². The van der Waals surface area contributed by atoms with E-state index in [2.05, 4.69) is 0 Å². The van der Waals surface area contributed by atoms with Crippen molar-refractivity contribution in [1.29, 1.82) is 0 Å². The molecule has 0 spiro atoms. The van der Waals surface area contributed by atoms with Gasteiger partial charge in [0.05, 0.1) is 11.2 Å². The van der Waals surface area contributed by atoms with E-state index in [4.69, 9.17) is 5.73 Å². The highest BCUT2D eigenvalue weighted by Crippen LogP contribution is 2.31. The maximum Gasteiger partial charge on any atom is 0.255 e. The summed E-state index contributed by atoms with van der Waals surface area (Å²) in [5, 5.41) is 10.5. The molecule has 3 N–H and O–H groups in total. The van der Waals surface area contributed by atoms with Crippen LogP contribution < -0.4 is 10.6 Å². The van der Waals surface area contributed by atoms with E-state index >= 15 is 0 Å². The largest absolute Gasteiger partial charge is 0.399 e. The fourth-order valence-electron chi connectivity index (χ4n) is 3.03. The van der Waals surface area contributed by atoms with Crippen LogP contribution in [0.2, 0.25) is 0 Å². The zero-order valence-electron chi connectivity index (χ0n) is 13.1. The second kappa shape index (κ2) is 5.93. The van der Waals surface area contributed by atoms with Crippen molar-refractivity contribution in [3.63, 3.8) is 0 Å². The molecule has 1 aliphatic rings. The van der Waals surface area contributed by atoms with Gasteiger partial charge in [0, 0.05) is 39.1 Å². The average Bonchev–Trinajstić information content (AvgIpc) is 2.83. The van der Waals surface area contributed by atoms with Crippen LogP contribution in [0.25, 0.3) is 0 Å². The van der Waals surface area contributed by atoms with E-state index in [9.17, 15) is 9.90 Å². The number of rotatable bonds is 4. The molecule has 1 aliphatic carbocycles. The monoisotopic (exact) mass is 291 g/mol. The topological polar surface area (TPSA) is 69.8 Å². The predicted octanol–water partition coefficient (Wildman–Crippen LogP) is 1.71. The summed E-state index contributed by atoms with van der Waals surface area (Å²) in [6, 6.07) is 5.34. The zero-order chi connectivity index (χ0) is 15.6. The molecule has 0 heterocycles. The normalized spacial score (nSPS) is 16.8. The molecule has 0 saturated heterocycles. The Bertz CT molecular complexity index is 522. The van der Waals surface area contributed by atoms with Gasteiger partial charge in [-0.25, -0.2) is 0 Å². The Morgan fingerprint density at radius 2 is 1.90 bits per heavy atom. The summed E-state index contributed by atoms with van der Waals surface area (Å²) in [5.41, 5.74) is 7.06. The molecule has 1 aromatic rings. The summed E-state index contributed by atoms with van der Waals surface area (Å²) in [6.45, 7) is 0.369. The lowest BCUT2D eigenvalue weighted by Crippen LogP contribution is -2.42. The van der Waals surface area contributed by atoms with Crippen LogP contribution in [-0.4, -0.2) is 49.2 Å². The number of aliphatic hydroxyl groups is 1. The second-order valence-electron chi connectivity index (χ2n) is 6.26. The van der Waals surface area contributed by atoms with Crippen LogP contribution in [0.15, 0.2) is 18.2 Å². The number of benzene rings is 1. The smallest absolute Gasteiger partial charge is 0.255 e. The molecular weight excluding hydrogens is 266 g/mol. The van der Waals surface area contributed by atoms with Gasteiger partial charge in [-0.3, -0.25) is 4.79 Å². The summed E-state index contributed by atoms with van der Waals surface area (Å²) in [6.07, 6.45) is 3.59. The van der Waals surface area contributed by atoms with Crippen molar-refractivity contribution >= 4 is 17.3 Å². The molecule has 1 amide bonds. The lowest BCUT2D eigenvalue weighted by Gasteiger charge is -2.29. The third-order valence-electron chi connectivity index (χ3n) is 4.15. The van der Waals surface area contributed by atoms with Crippen LogP contribution in [0, 0.1) is 0 Å². The molecule has 0 radical (unpaired) electrons. The molecule has 1 saturated carbocycles. The number of nitrogens with zero attached hydrogens (tertiary/aromatic N) is 2. The van der Waals surface area contributed by atoms with Crippen molar-refractivity contribution in [2.75, 3.05) is 38.3 Å². The molecular formula is C16H25N3O2. The van der Waals surface area contributed by atoms with Gasteiger partial charge >= 0.3 is 0 Å². The van der Waals surface area contributed by atoms with Gasteiger partial charge in [0.2, 0.25) is 0 Å². The predicted molar refractivity (Wildman–Crippen MR) is 85.6 cm³/mol. The number of likely N-dealkylation sites (N-methyl/N-ethyl adjacent to an activating group) is 1. The van der Waals surface area contributed by atoms with Crippen LogP contribution in [0.4, 0.5) is 11.4 Å². The lowest BCUT2D eigenvalue weighted by molar-refractivity contribution is 0.0157. The SMILES string of the molecule is CN(CC1(O)CCCC1)C(=O)c1cc(N)ccc1N(C)C. The Labute approximate surface area is 126 Å². The fourth-order valence-corrected chi connectivity index (χ4v) is 3.03. The van der Waals surface area contributed by atoms with Crippen LogP contribution in [0.3, 0.4) is 0 Å². The van der Waals surface area contributed by atoms with Crippen molar-refractivity contribution in [1.82, 2.24) is 4.90 Å². The highest BCUT2D eigenvalue weighted by atomic mass is 16.3.